The molecule has 2 amide bonds. The van der Waals surface area contributed by atoms with Gasteiger partial charge in [-0.15, -0.1) is 0 Å². The molecular formula is C26H29N3O4S. The Kier molecular flexibility index (Phi) is 9.22. The molecule has 3 aromatic carbocycles. The number of rotatable bonds is 9. The standard InChI is InChI=1S/C26H29N3O4S/c1-3-4-7-16-32-22-13-11-20(12-14-22)25(31)27-26(34)29-28-24(30)18(2)33-23-15-10-19-8-5-6-9-21(19)17-23/h5-6,8-15,17-18H,3-4,7,16H2,1-2H3,(H,28,30)(H2,27,29,31,34). The highest BCUT2D eigenvalue weighted by Crippen LogP contribution is 2.21. The molecule has 34 heavy (non-hydrogen) atoms. The predicted molar refractivity (Wildman–Crippen MR) is 137 cm³/mol. The Balaban J connectivity index is 1.42. The maximum atomic E-state index is 12.4. The van der Waals surface area contributed by atoms with Gasteiger partial charge in [0.25, 0.3) is 11.8 Å². The van der Waals surface area contributed by atoms with Crippen molar-refractivity contribution < 1.29 is 19.1 Å². The van der Waals surface area contributed by atoms with Crippen LogP contribution in [0.25, 0.3) is 10.8 Å². The number of benzene rings is 3. The molecule has 0 aliphatic heterocycles. The summed E-state index contributed by atoms with van der Waals surface area (Å²) >= 11 is 5.10. The number of hydrogen-bond donors (Lipinski definition) is 3. The van der Waals surface area contributed by atoms with Crippen molar-refractivity contribution in [2.75, 3.05) is 6.61 Å². The van der Waals surface area contributed by atoms with E-state index in [-0.39, 0.29) is 5.11 Å². The van der Waals surface area contributed by atoms with Crippen LogP contribution in [0.1, 0.15) is 43.5 Å². The summed E-state index contributed by atoms with van der Waals surface area (Å²) < 4.78 is 11.4. The van der Waals surface area contributed by atoms with Crippen molar-refractivity contribution in [3.05, 3.63) is 72.3 Å². The average molecular weight is 480 g/mol. The first-order valence-corrected chi connectivity index (χ1v) is 11.7. The second-order valence-electron chi connectivity index (χ2n) is 7.75. The van der Waals surface area contributed by atoms with Crippen molar-refractivity contribution >= 4 is 39.9 Å². The van der Waals surface area contributed by atoms with E-state index in [1.807, 2.05) is 42.5 Å². The lowest BCUT2D eigenvalue weighted by Crippen LogP contribution is -2.51. The van der Waals surface area contributed by atoms with Gasteiger partial charge in [-0.3, -0.25) is 25.8 Å². The first-order chi connectivity index (χ1) is 16.5. The molecule has 1 atom stereocenters. The minimum Gasteiger partial charge on any atom is -0.494 e. The number of fused-ring (bicyclic) bond motifs is 1. The maximum absolute atomic E-state index is 12.4. The van der Waals surface area contributed by atoms with E-state index in [4.69, 9.17) is 21.7 Å². The summed E-state index contributed by atoms with van der Waals surface area (Å²) in [7, 11) is 0. The number of ether oxygens (including phenoxy) is 2. The molecule has 0 aliphatic rings. The monoisotopic (exact) mass is 479 g/mol. The lowest BCUT2D eigenvalue weighted by atomic mass is 10.1. The minimum atomic E-state index is -0.781. The fourth-order valence-corrected chi connectivity index (χ4v) is 3.31. The average Bonchev–Trinajstić information content (AvgIpc) is 2.85. The van der Waals surface area contributed by atoms with E-state index in [0.29, 0.717) is 23.7 Å². The van der Waals surface area contributed by atoms with Gasteiger partial charge in [0.2, 0.25) is 0 Å². The van der Waals surface area contributed by atoms with E-state index in [1.54, 1.807) is 31.2 Å². The Morgan fingerprint density at radius 3 is 2.35 bits per heavy atom. The quantitative estimate of drug-likeness (QED) is 0.238. The molecule has 1 unspecified atom stereocenters. The molecule has 0 saturated heterocycles. The van der Waals surface area contributed by atoms with E-state index in [1.165, 1.54) is 0 Å². The van der Waals surface area contributed by atoms with Crippen LogP contribution in [0.2, 0.25) is 0 Å². The molecule has 0 fully saturated rings. The molecule has 3 N–H and O–H groups in total. The zero-order valence-corrected chi connectivity index (χ0v) is 20.1. The summed E-state index contributed by atoms with van der Waals surface area (Å²) in [6.07, 6.45) is 2.47. The first kappa shape index (κ1) is 25.0. The fourth-order valence-electron chi connectivity index (χ4n) is 3.17. The molecule has 0 aromatic heterocycles. The minimum absolute atomic E-state index is 0.0313. The Labute approximate surface area is 204 Å². The number of hydrogen-bond acceptors (Lipinski definition) is 5. The zero-order valence-electron chi connectivity index (χ0n) is 19.3. The van der Waals surface area contributed by atoms with Gasteiger partial charge in [-0.25, -0.2) is 0 Å². The van der Waals surface area contributed by atoms with E-state index in [0.717, 1.165) is 30.0 Å². The summed E-state index contributed by atoms with van der Waals surface area (Å²) in [6, 6.07) is 20.3. The molecule has 0 spiro atoms. The molecule has 0 aliphatic carbocycles. The number of nitrogens with one attached hydrogen (secondary N) is 3. The normalized spacial score (nSPS) is 11.4. The van der Waals surface area contributed by atoms with Gasteiger partial charge >= 0.3 is 0 Å². The summed E-state index contributed by atoms with van der Waals surface area (Å²) in [4.78, 5) is 24.7. The molecule has 3 rings (SSSR count). The van der Waals surface area contributed by atoms with E-state index in [9.17, 15) is 9.59 Å². The second kappa shape index (κ2) is 12.6. The van der Waals surface area contributed by atoms with E-state index < -0.39 is 17.9 Å². The lowest BCUT2D eigenvalue weighted by Gasteiger charge is -2.16. The highest BCUT2D eigenvalue weighted by molar-refractivity contribution is 7.80. The molecule has 0 bridgehead atoms. The van der Waals surface area contributed by atoms with Crippen LogP contribution in [0.4, 0.5) is 0 Å². The summed E-state index contributed by atoms with van der Waals surface area (Å²) in [6.45, 7) is 4.41. The van der Waals surface area contributed by atoms with Crippen LogP contribution in [0, 0.1) is 0 Å². The van der Waals surface area contributed by atoms with Crippen LogP contribution >= 0.6 is 12.2 Å². The molecule has 3 aromatic rings. The number of amides is 2. The lowest BCUT2D eigenvalue weighted by molar-refractivity contribution is -0.127. The zero-order chi connectivity index (χ0) is 24.3. The molecule has 0 saturated carbocycles. The molecule has 7 nitrogen and oxygen atoms in total. The van der Waals surface area contributed by atoms with Gasteiger partial charge in [-0.1, -0.05) is 50.1 Å². The smallest absolute Gasteiger partial charge is 0.279 e. The van der Waals surface area contributed by atoms with Crippen molar-refractivity contribution in [2.45, 2.75) is 39.2 Å². The van der Waals surface area contributed by atoms with Gasteiger partial charge in [0.1, 0.15) is 11.5 Å². The summed E-state index contributed by atoms with van der Waals surface area (Å²) in [5.41, 5.74) is 5.40. The van der Waals surface area contributed by atoms with Crippen LogP contribution in [-0.4, -0.2) is 29.6 Å². The van der Waals surface area contributed by atoms with Crippen molar-refractivity contribution in [1.29, 1.82) is 0 Å². The molecule has 178 valence electrons. The van der Waals surface area contributed by atoms with Crippen LogP contribution in [0.3, 0.4) is 0 Å². The molecule has 0 radical (unpaired) electrons. The number of thiocarbonyl (C=S) groups is 1. The van der Waals surface area contributed by atoms with Crippen molar-refractivity contribution in [1.82, 2.24) is 16.2 Å². The highest BCUT2D eigenvalue weighted by atomic mass is 32.1. The van der Waals surface area contributed by atoms with Crippen LogP contribution in [0.5, 0.6) is 11.5 Å². The molecule has 8 heteroatoms. The van der Waals surface area contributed by atoms with Gasteiger partial charge in [0, 0.05) is 5.56 Å². The van der Waals surface area contributed by atoms with Crippen molar-refractivity contribution in [3.63, 3.8) is 0 Å². The topological polar surface area (TPSA) is 88.7 Å². The SMILES string of the molecule is CCCCCOc1ccc(C(=O)NC(=S)NNC(=O)C(C)Oc2ccc3ccccc3c2)cc1. The van der Waals surface area contributed by atoms with E-state index in [2.05, 4.69) is 23.1 Å². The van der Waals surface area contributed by atoms with Gasteiger partial charge in [-0.2, -0.15) is 0 Å². The Hall–Kier alpha value is -3.65. The molecule has 0 heterocycles. The summed E-state index contributed by atoms with van der Waals surface area (Å²) in [5.74, 6) is 0.454. The van der Waals surface area contributed by atoms with Crippen LogP contribution < -0.4 is 25.6 Å². The van der Waals surface area contributed by atoms with E-state index >= 15 is 0 Å². The summed E-state index contributed by atoms with van der Waals surface area (Å²) in [5, 5.41) is 4.60. The van der Waals surface area contributed by atoms with Crippen molar-refractivity contribution in [2.24, 2.45) is 0 Å². The number of hydrazine groups is 1. The van der Waals surface area contributed by atoms with Crippen LogP contribution in [0.15, 0.2) is 66.7 Å². The number of carbonyl (C=O) groups is 2. The maximum Gasteiger partial charge on any atom is 0.279 e. The third kappa shape index (κ3) is 7.45. The third-order valence-corrected chi connectivity index (χ3v) is 5.27. The van der Waals surface area contributed by atoms with Gasteiger partial charge in [-0.05, 0) is 72.7 Å². The van der Waals surface area contributed by atoms with Crippen LogP contribution in [-0.2, 0) is 4.79 Å². The molecular weight excluding hydrogens is 450 g/mol. The predicted octanol–water partition coefficient (Wildman–Crippen LogP) is 4.51. The fraction of sp³-hybridized carbons (Fsp3) is 0.269. The first-order valence-electron chi connectivity index (χ1n) is 11.3. The van der Waals surface area contributed by atoms with Gasteiger partial charge in [0.15, 0.2) is 11.2 Å². The van der Waals surface area contributed by atoms with Gasteiger partial charge in [0.05, 0.1) is 6.61 Å². The Morgan fingerprint density at radius 1 is 0.912 bits per heavy atom. The van der Waals surface area contributed by atoms with Gasteiger partial charge < -0.3 is 9.47 Å². The second-order valence-corrected chi connectivity index (χ2v) is 8.15. The number of carbonyl (C=O) groups excluding carboxylic acids is 2. The largest absolute Gasteiger partial charge is 0.494 e. The number of unbranched alkanes of at least 4 members (excludes halogenated alkanes) is 2. The highest BCUT2D eigenvalue weighted by Gasteiger charge is 2.16. The third-order valence-electron chi connectivity index (χ3n) is 5.06. The Morgan fingerprint density at radius 2 is 1.62 bits per heavy atom. The Bertz CT molecular complexity index is 1130. The van der Waals surface area contributed by atoms with Crippen molar-refractivity contribution in [3.8, 4) is 11.5 Å².